The summed E-state index contributed by atoms with van der Waals surface area (Å²) in [6.07, 6.45) is 3.19. The topological polar surface area (TPSA) is 92.3 Å². The van der Waals surface area contributed by atoms with Crippen LogP contribution in [0, 0.1) is 12.8 Å². The Balaban J connectivity index is 1.58. The Morgan fingerprint density at radius 2 is 2.18 bits per heavy atom. The SMILES string of the molecule is Cc1cc2nc(C(=O)Cc3cnccc3N3C[C@@H](N)[C@H](O)[C@@H](C)C3)ccc2s1. The van der Waals surface area contributed by atoms with Crippen LogP contribution in [0.1, 0.15) is 27.9 Å². The number of anilines is 1. The first-order chi connectivity index (χ1) is 13.4. The molecular weight excluding hydrogens is 372 g/mol. The van der Waals surface area contributed by atoms with E-state index < -0.39 is 6.10 Å². The van der Waals surface area contributed by atoms with Crippen molar-refractivity contribution >= 4 is 33.0 Å². The van der Waals surface area contributed by atoms with E-state index in [-0.39, 0.29) is 24.2 Å². The second-order valence-corrected chi connectivity index (χ2v) is 8.87. The first-order valence-corrected chi connectivity index (χ1v) is 10.3. The van der Waals surface area contributed by atoms with Crippen LogP contribution < -0.4 is 10.6 Å². The summed E-state index contributed by atoms with van der Waals surface area (Å²) in [7, 11) is 0. The number of nitrogens with zero attached hydrogens (tertiary/aromatic N) is 3. The van der Waals surface area contributed by atoms with Crippen LogP contribution in [0.2, 0.25) is 0 Å². The van der Waals surface area contributed by atoms with Crippen molar-refractivity contribution < 1.29 is 9.90 Å². The second-order valence-electron chi connectivity index (χ2n) is 7.58. The third-order valence-electron chi connectivity index (χ3n) is 5.31. The molecule has 7 heteroatoms. The number of aromatic nitrogens is 2. The van der Waals surface area contributed by atoms with Gasteiger partial charge < -0.3 is 15.7 Å². The van der Waals surface area contributed by atoms with Gasteiger partial charge in [0, 0.05) is 60.0 Å². The van der Waals surface area contributed by atoms with Crippen molar-refractivity contribution in [3.63, 3.8) is 0 Å². The molecule has 0 radical (unpaired) electrons. The number of rotatable bonds is 4. The number of pyridine rings is 2. The van der Waals surface area contributed by atoms with Crippen LogP contribution in [-0.4, -0.2) is 46.1 Å². The summed E-state index contributed by atoms with van der Waals surface area (Å²) >= 11 is 1.68. The van der Waals surface area contributed by atoms with E-state index in [1.54, 1.807) is 29.8 Å². The lowest BCUT2D eigenvalue weighted by molar-refractivity contribution is 0.0784. The van der Waals surface area contributed by atoms with Gasteiger partial charge in [0.15, 0.2) is 5.78 Å². The van der Waals surface area contributed by atoms with E-state index >= 15 is 0 Å². The largest absolute Gasteiger partial charge is 0.391 e. The van der Waals surface area contributed by atoms with E-state index in [4.69, 9.17) is 5.73 Å². The zero-order valence-electron chi connectivity index (χ0n) is 16.0. The van der Waals surface area contributed by atoms with Crippen molar-refractivity contribution in [2.75, 3.05) is 18.0 Å². The Morgan fingerprint density at radius 1 is 1.36 bits per heavy atom. The number of ketones is 1. The van der Waals surface area contributed by atoms with E-state index in [1.165, 1.54) is 4.88 Å². The third kappa shape index (κ3) is 3.65. The maximum absolute atomic E-state index is 12.9. The molecule has 3 aromatic rings. The fourth-order valence-corrected chi connectivity index (χ4v) is 4.70. The lowest BCUT2D eigenvalue weighted by Crippen LogP contribution is -2.55. The van der Waals surface area contributed by atoms with Gasteiger partial charge in [-0.1, -0.05) is 6.92 Å². The average Bonchev–Trinajstić information content (AvgIpc) is 3.05. The van der Waals surface area contributed by atoms with Crippen LogP contribution in [-0.2, 0) is 6.42 Å². The van der Waals surface area contributed by atoms with Gasteiger partial charge in [0.2, 0.25) is 0 Å². The third-order valence-corrected chi connectivity index (χ3v) is 6.32. The summed E-state index contributed by atoms with van der Waals surface area (Å²) < 4.78 is 1.09. The zero-order valence-corrected chi connectivity index (χ0v) is 16.8. The minimum atomic E-state index is -0.506. The predicted octanol–water partition coefficient (Wildman–Crippen LogP) is 2.57. The Kier molecular flexibility index (Phi) is 5.14. The second kappa shape index (κ2) is 7.58. The molecule has 0 bridgehead atoms. The monoisotopic (exact) mass is 396 g/mol. The van der Waals surface area contributed by atoms with Gasteiger partial charge in [0.1, 0.15) is 5.69 Å². The van der Waals surface area contributed by atoms with Crippen molar-refractivity contribution in [2.24, 2.45) is 11.7 Å². The van der Waals surface area contributed by atoms with Crippen molar-refractivity contribution in [1.82, 2.24) is 9.97 Å². The molecule has 3 atom stereocenters. The molecule has 6 nitrogen and oxygen atoms in total. The van der Waals surface area contributed by atoms with E-state index in [0.717, 1.165) is 21.5 Å². The Labute approximate surface area is 168 Å². The maximum atomic E-state index is 12.9. The fraction of sp³-hybridized carbons (Fsp3) is 0.381. The van der Waals surface area contributed by atoms with E-state index in [0.29, 0.717) is 18.8 Å². The molecular formula is C21H24N4O2S. The Bertz CT molecular complexity index is 1010. The Morgan fingerprint density at radius 3 is 2.96 bits per heavy atom. The highest BCUT2D eigenvalue weighted by molar-refractivity contribution is 7.18. The molecule has 0 spiro atoms. The molecule has 1 aliphatic heterocycles. The molecule has 3 aromatic heterocycles. The number of fused-ring (bicyclic) bond motifs is 1. The van der Waals surface area contributed by atoms with E-state index in [2.05, 4.69) is 14.9 Å². The summed E-state index contributed by atoms with van der Waals surface area (Å²) in [5.74, 6) is 0.0285. The van der Waals surface area contributed by atoms with Gasteiger partial charge in [-0.05, 0) is 31.2 Å². The van der Waals surface area contributed by atoms with Crippen molar-refractivity contribution in [3.05, 3.63) is 52.8 Å². The van der Waals surface area contributed by atoms with Gasteiger partial charge >= 0.3 is 0 Å². The normalized spacial score (nSPS) is 22.6. The Hall–Kier alpha value is -2.35. The molecule has 0 aliphatic carbocycles. The summed E-state index contributed by atoms with van der Waals surface area (Å²) in [6.45, 7) is 5.27. The number of aryl methyl sites for hydroxylation is 1. The molecule has 0 saturated carbocycles. The lowest BCUT2D eigenvalue weighted by Gasteiger charge is -2.40. The minimum absolute atomic E-state index is 0.0330. The molecule has 1 aliphatic rings. The zero-order chi connectivity index (χ0) is 19.8. The van der Waals surface area contributed by atoms with Crippen LogP contribution in [0.4, 0.5) is 5.69 Å². The highest BCUT2D eigenvalue weighted by Crippen LogP contribution is 2.27. The van der Waals surface area contributed by atoms with Crippen LogP contribution in [0.5, 0.6) is 0 Å². The molecule has 3 N–H and O–H groups in total. The van der Waals surface area contributed by atoms with Gasteiger partial charge in [-0.15, -0.1) is 11.3 Å². The first-order valence-electron chi connectivity index (χ1n) is 9.44. The summed E-state index contributed by atoms with van der Waals surface area (Å²) in [5.41, 5.74) is 9.25. The summed E-state index contributed by atoms with van der Waals surface area (Å²) in [4.78, 5) is 25.0. The molecule has 28 heavy (non-hydrogen) atoms. The first kappa shape index (κ1) is 19.0. The van der Waals surface area contributed by atoms with E-state index in [1.807, 2.05) is 32.0 Å². The molecule has 146 valence electrons. The van der Waals surface area contributed by atoms with Crippen molar-refractivity contribution in [1.29, 1.82) is 0 Å². The standard InChI is InChI=1S/C21H24N4O2S/c1-12-10-25(11-15(22)21(12)27)18-5-6-23-9-14(18)8-19(26)16-3-4-20-17(24-16)7-13(2)28-20/h3-7,9,12,15,21,27H,8,10-11,22H2,1-2H3/t12-,15+,21+/m0/s1. The van der Waals surface area contributed by atoms with Gasteiger partial charge in [-0.2, -0.15) is 0 Å². The predicted molar refractivity (Wildman–Crippen MR) is 112 cm³/mol. The number of hydrogen-bond donors (Lipinski definition) is 2. The highest BCUT2D eigenvalue weighted by atomic mass is 32.1. The molecule has 0 aromatic carbocycles. The van der Waals surface area contributed by atoms with Gasteiger partial charge in [0.05, 0.1) is 16.3 Å². The number of hydrogen-bond acceptors (Lipinski definition) is 7. The van der Waals surface area contributed by atoms with Crippen molar-refractivity contribution in [2.45, 2.75) is 32.4 Å². The summed E-state index contributed by atoms with van der Waals surface area (Å²) in [6, 6.07) is 7.37. The van der Waals surface area contributed by atoms with Crippen LogP contribution in [0.25, 0.3) is 10.2 Å². The van der Waals surface area contributed by atoms with Crippen LogP contribution in [0.3, 0.4) is 0 Å². The number of nitrogens with two attached hydrogens (primary N) is 1. The molecule has 4 rings (SSSR count). The van der Waals surface area contributed by atoms with E-state index in [9.17, 15) is 9.90 Å². The van der Waals surface area contributed by atoms with Gasteiger partial charge in [-0.25, -0.2) is 4.98 Å². The molecule has 4 heterocycles. The number of carbonyl (C=O) groups excluding carboxylic acids is 1. The van der Waals surface area contributed by atoms with Crippen LogP contribution >= 0.6 is 11.3 Å². The number of carbonyl (C=O) groups is 1. The van der Waals surface area contributed by atoms with Crippen LogP contribution in [0.15, 0.2) is 36.7 Å². The highest BCUT2D eigenvalue weighted by Gasteiger charge is 2.31. The minimum Gasteiger partial charge on any atom is -0.391 e. The molecule has 1 fully saturated rings. The quantitative estimate of drug-likeness (QED) is 0.659. The number of aliphatic hydroxyl groups is 1. The number of aliphatic hydroxyl groups excluding tert-OH is 1. The average molecular weight is 397 g/mol. The number of piperidine rings is 1. The maximum Gasteiger partial charge on any atom is 0.185 e. The number of thiophene rings is 1. The van der Waals surface area contributed by atoms with Crippen molar-refractivity contribution in [3.8, 4) is 0 Å². The smallest absolute Gasteiger partial charge is 0.185 e. The molecule has 0 unspecified atom stereocenters. The summed E-state index contributed by atoms with van der Waals surface area (Å²) in [5, 5.41) is 10.1. The lowest BCUT2D eigenvalue weighted by atomic mass is 9.92. The van der Waals surface area contributed by atoms with Gasteiger partial charge in [0.25, 0.3) is 0 Å². The fourth-order valence-electron chi connectivity index (χ4n) is 3.84. The molecule has 1 saturated heterocycles. The molecule has 0 amide bonds. The number of Topliss-reactive ketones (excluding diaryl/α,β-unsaturated/α-hetero) is 1. The van der Waals surface area contributed by atoms with Gasteiger partial charge in [-0.3, -0.25) is 9.78 Å².